The zero-order valence-corrected chi connectivity index (χ0v) is 23.1. The van der Waals surface area contributed by atoms with Crippen LogP contribution in [0, 0.1) is 38.9 Å². The van der Waals surface area contributed by atoms with Crippen LogP contribution >= 0.6 is 0 Å². The minimum absolute atomic E-state index is 0.0117. The average molecular weight is 495 g/mol. The average Bonchev–Trinajstić information content (AvgIpc) is 2.84. The second-order valence-corrected chi connectivity index (χ2v) is 13.8. The van der Waals surface area contributed by atoms with Gasteiger partial charge >= 0.3 is 6.16 Å². The van der Waals surface area contributed by atoms with Gasteiger partial charge in [0, 0.05) is 16.7 Å². The molecule has 5 nitrogen and oxygen atoms in total. The molecule has 0 aliphatic heterocycles. The van der Waals surface area contributed by atoms with Gasteiger partial charge in [-0.25, -0.2) is 4.79 Å². The van der Waals surface area contributed by atoms with Gasteiger partial charge < -0.3 is 9.47 Å². The molecule has 3 fully saturated rings. The van der Waals surface area contributed by atoms with Crippen LogP contribution in [0.3, 0.4) is 0 Å². The van der Waals surface area contributed by atoms with Crippen molar-refractivity contribution in [2.75, 3.05) is 13.7 Å². The van der Waals surface area contributed by atoms with Crippen LogP contribution in [-0.4, -0.2) is 31.4 Å². The van der Waals surface area contributed by atoms with Crippen molar-refractivity contribution in [3.05, 3.63) is 34.9 Å². The Hall–Kier alpha value is -2.17. The third kappa shape index (κ3) is 3.29. The van der Waals surface area contributed by atoms with Crippen LogP contribution < -0.4 is 0 Å². The first kappa shape index (κ1) is 25.5. The summed E-state index contributed by atoms with van der Waals surface area (Å²) in [6, 6.07) is 0. The smallest absolute Gasteiger partial charge is 0.438 e. The molecule has 3 saturated carbocycles. The predicted molar refractivity (Wildman–Crippen MR) is 138 cm³/mol. The van der Waals surface area contributed by atoms with E-state index >= 15 is 0 Å². The molecule has 5 aliphatic rings. The Bertz CT molecular complexity index is 1130. The SMILES string of the molecule is COC(=O)OC[C@]1(C)CC[C@]2(C)CC[C@]3(C)C4=CC=C5C(=CC(=O)C(=O)C5C)[C@]4(C)CC[C@@]3(C)[C@@H]2C1. The van der Waals surface area contributed by atoms with Crippen LogP contribution in [0.2, 0.25) is 0 Å². The maximum Gasteiger partial charge on any atom is 0.507 e. The van der Waals surface area contributed by atoms with Gasteiger partial charge in [-0.05, 0) is 84.3 Å². The lowest BCUT2D eigenvalue weighted by atomic mass is 9.34. The molecule has 1 unspecified atom stereocenters. The van der Waals surface area contributed by atoms with Gasteiger partial charge in [-0.1, -0.05) is 59.3 Å². The highest BCUT2D eigenvalue weighted by molar-refractivity contribution is 6.44. The third-order valence-electron chi connectivity index (χ3n) is 11.8. The van der Waals surface area contributed by atoms with Gasteiger partial charge in [0.1, 0.15) is 6.61 Å². The molecule has 36 heavy (non-hydrogen) atoms. The molecule has 0 spiro atoms. The minimum atomic E-state index is -0.601. The van der Waals surface area contributed by atoms with E-state index in [0.717, 1.165) is 49.7 Å². The molecule has 0 aromatic rings. The Labute approximate surface area is 215 Å². The summed E-state index contributed by atoms with van der Waals surface area (Å²) >= 11 is 0. The van der Waals surface area contributed by atoms with Crippen molar-refractivity contribution in [1.29, 1.82) is 0 Å². The molecule has 0 aromatic heterocycles. The Kier molecular flexibility index (Phi) is 5.60. The molecule has 196 valence electrons. The molecular formula is C31H42O5. The van der Waals surface area contributed by atoms with Crippen molar-refractivity contribution in [1.82, 2.24) is 0 Å². The third-order valence-corrected chi connectivity index (χ3v) is 11.8. The number of allylic oxidation sites excluding steroid dienone is 6. The van der Waals surface area contributed by atoms with E-state index in [-0.39, 0.29) is 44.6 Å². The van der Waals surface area contributed by atoms with Gasteiger partial charge in [0.15, 0.2) is 0 Å². The number of rotatable bonds is 2. The number of Topliss-reactive ketones (excluding diaryl/α,β-unsaturated/α-hetero) is 1. The maximum absolute atomic E-state index is 12.6. The second kappa shape index (κ2) is 7.91. The summed E-state index contributed by atoms with van der Waals surface area (Å²) < 4.78 is 10.2. The minimum Gasteiger partial charge on any atom is -0.438 e. The van der Waals surface area contributed by atoms with Gasteiger partial charge in [0.2, 0.25) is 11.6 Å². The highest BCUT2D eigenvalue weighted by Crippen LogP contribution is 2.75. The summed E-state index contributed by atoms with van der Waals surface area (Å²) in [5, 5.41) is 0. The molecule has 0 heterocycles. The van der Waals surface area contributed by atoms with E-state index < -0.39 is 6.16 Å². The zero-order valence-electron chi connectivity index (χ0n) is 23.1. The van der Waals surface area contributed by atoms with E-state index in [0.29, 0.717) is 12.5 Å². The first-order chi connectivity index (χ1) is 16.7. The number of hydrogen-bond donors (Lipinski definition) is 0. The lowest BCUT2D eigenvalue weighted by Gasteiger charge is -2.70. The normalized spacial score (nSPS) is 45.7. The van der Waals surface area contributed by atoms with E-state index in [1.54, 1.807) is 6.08 Å². The van der Waals surface area contributed by atoms with E-state index in [1.807, 2.05) is 6.92 Å². The molecule has 5 rings (SSSR count). The number of ether oxygens (including phenoxy) is 2. The van der Waals surface area contributed by atoms with Gasteiger partial charge in [0.05, 0.1) is 7.11 Å². The number of carbonyl (C=O) groups excluding carboxylic acids is 3. The first-order valence-electron chi connectivity index (χ1n) is 13.7. The lowest BCUT2D eigenvalue weighted by molar-refractivity contribution is -0.166. The van der Waals surface area contributed by atoms with Gasteiger partial charge in [-0.2, -0.15) is 0 Å². The highest BCUT2D eigenvalue weighted by atomic mass is 16.7. The Morgan fingerprint density at radius 1 is 0.972 bits per heavy atom. The van der Waals surface area contributed by atoms with Crippen LogP contribution in [0.15, 0.2) is 34.9 Å². The molecular weight excluding hydrogens is 452 g/mol. The molecule has 0 radical (unpaired) electrons. The molecule has 0 saturated heterocycles. The summed E-state index contributed by atoms with van der Waals surface area (Å²) in [5.74, 6) is -0.499. The number of carbonyl (C=O) groups is 3. The summed E-state index contributed by atoms with van der Waals surface area (Å²) in [7, 11) is 1.36. The van der Waals surface area contributed by atoms with Crippen LogP contribution in [0.4, 0.5) is 4.79 Å². The molecule has 5 aliphatic carbocycles. The van der Waals surface area contributed by atoms with E-state index in [9.17, 15) is 14.4 Å². The fourth-order valence-corrected chi connectivity index (χ4v) is 9.08. The van der Waals surface area contributed by atoms with Crippen LogP contribution in [0.1, 0.15) is 86.5 Å². The Balaban J connectivity index is 1.54. The van der Waals surface area contributed by atoms with Gasteiger partial charge in [-0.15, -0.1) is 0 Å². The van der Waals surface area contributed by atoms with E-state index in [2.05, 4.69) is 46.8 Å². The largest absolute Gasteiger partial charge is 0.507 e. The molecule has 5 heteroatoms. The van der Waals surface area contributed by atoms with Gasteiger partial charge in [-0.3, -0.25) is 9.59 Å². The summed E-state index contributed by atoms with van der Waals surface area (Å²) in [4.78, 5) is 36.8. The highest BCUT2D eigenvalue weighted by Gasteiger charge is 2.66. The summed E-state index contributed by atoms with van der Waals surface area (Å²) in [5.41, 5.74) is 3.60. The Morgan fingerprint density at radius 3 is 2.36 bits per heavy atom. The van der Waals surface area contributed by atoms with Crippen LogP contribution in [0.5, 0.6) is 0 Å². The van der Waals surface area contributed by atoms with Crippen molar-refractivity contribution < 1.29 is 23.9 Å². The Morgan fingerprint density at radius 2 is 1.67 bits per heavy atom. The lowest BCUT2D eigenvalue weighted by Crippen LogP contribution is -2.62. The summed E-state index contributed by atoms with van der Waals surface area (Å²) in [6.45, 7) is 14.3. The monoisotopic (exact) mass is 494 g/mol. The quantitative estimate of drug-likeness (QED) is 0.313. The summed E-state index contributed by atoms with van der Waals surface area (Å²) in [6.07, 6.45) is 13.1. The molecule has 7 atom stereocenters. The van der Waals surface area contributed by atoms with Crippen molar-refractivity contribution in [2.45, 2.75) is 86.5 Å². The van der Waals surface area contributed by atoms with E-state index in [1.165, 1.54) is 19.1 Å². The second-order valence-electron chi connectivity index (χ2n) is 13.8. The maximum atomic E-state index is 12.6. The molecule has 0 amide bonds. The first-order valence-corrected chi connectivity index (χ1v) is 13.7. The molecule has 0 bridgehead atoms. The van der Waals surface area contributed by atoms with Crippen molar-refractivity contribution in [3.8, 4) is 0 Å². The fourth-order valence-electron chi connectivity index (χ4n) is 9.08. The van der Waals surface area contributed by atoms with Crippen molar-refractivity contribution >= 4 is 17.7 Å². The zero-order chi connectivity index (χ0) is 26.3. The van der Waals surface area contributed by atoms with Crippen molar-refractivity contribution in [3.63, 3.8) is 0 Å². The van der Waals surface area contributed by atoms with Crippen molar-refractivity contribution in [2.24, 2.45) is 38.9 Å². The molecule has 0 N–H and O–H groups in total. The standard InChI is InChI=1S/C31H42O5/c1-19-20-8-9-23-29(4,21(20)16-22(32)25(19)33)13-15-31(6)24-17-27(2,18-36-26(34)35-7)10-11-28(24,3)12-14-30(23,31)5/h8-9,16,19,24H,10-15,17-18H2,1-7H3/t19?,24-,27-,28-,29+,30-,31+/m1/s1. The van der Waals surface area contributed by atoms with E-state index in [4.69, 9.17) is 9.47 Å². The number of methoxy groups -OCH3 is 1. The fraction of sp³-hybridized carbons (Fsp3) is 0.710. The van der Waals surface area contributed by atoms with Gasteiger partial charge in [0.25, 0.3) is 0 Å². The topological polar surface area (TPSA) is 69.7 Å². The van der Waals surface area contributed by atoms with Crippen LogP contribution in [-0.2, 0) is 19.1 Å². The number of hydrogen-bond acceptors (Lipinski definition) is 5. The van der Waals surface area contributed by atoms with Crippen LogP contribution in [0.25, 0.3) is 0 Å². The number of ketones is 2. The molecule has 0 aromatic carbocycles. The number of fused-ring (bicyclic) bond motifs is 7. The predicted octanol–water partition coefficient (Wildman–Crippen LogP) is 6.77.